The van der Waals surface area contributed by atoms with Crippen molar-refractivity contribution in [1.29, 1.82) is 0 Å². The third-order valence-corrected chi connectivity index (χ3v) is 3.54. The largest absolute Gasteiger partial charge is 0.337 e. The second-order valence-corrected chi connectivity index (χ2v) is 4.89. The summed E-state index contributed by atoms with van der Waals surface area (Å²) in [6.45, 7) is 6.00. The zero-order valence-corrected chi connectivity index (χ0v) is 11.9. The molecule has 100 valence electrons. The molecule has 1 atom stereocenters. The summed E-state index contributed by atoms with van der Waals surface area (Å²) < 4.78 is 2.07. The predicted molar refractivity (Wildman–Crippen MR) is 78.5 cm³/mol. The highest BCUT2D eigenvalue weighted by atomic mass is 16.2. The lowest BCUT2D eigenvalue weighted by Crippen LogP contribution is -2.33. The Morgan fingerprint density at radius 2 is 1.58 bits per heavy atom. The molecule has 1 aromatic heterocycles. The highest BCUT2D eigenvalue weighted by Gasteiger charge is 2.21. The predicted octanol–water partition coefficient (Wildman–Crippen LogP) is 3.33. The van der Waals surface area contributed by atoms with Crippen LogP contribution in [0.3, 0.4) is 0 Å². The summed E-state index contributed by atoms with van der Waals surface area (Å²) in [5.41, 5.74) is 3.14. The minimum absolute atomic E-state index is 0.0913. The SMILES string of the molecule is Cc1ccc(C)n1[C@H](C)C(=O)N(C)c1ccccc1. The Kier molecular flexibility index (Phi) is 3.74. The zero-order valence-electron chi connectivity index (χ0n) is 11.9. The van der Waals surface area contributed by atoms with Crippen molar-refractivity contribution in [3.8, 4) is 0 Å². The normalized spacial score (nSPS) is 12.2. The van der Waals surface area contributed by atoms with Gasteiger partial charge in [0, 0.05) is 24.1 Å². The van der Waals surface area contributed by atoms with Crippen molar-refractivity contribution in [3.63, 3.8) is 0 Å². The number of carbonyl (C=O) groups excluding carboxylic acids is 1. The average Bonchev–Trinajstić information content (AvgIpc) is 2.77. The van der Waals surface area contributed by atoms with Crippen LogP contribution in [0.5, 0.6) is 0 Å². The maximum atomic E-state index is 12.6. The van der Waals surface area contributed by atoms with Gasteiger partial charge in [0.2, 0.25) is 5.91 Å². The number of hydrogen-bond donors (Lipinski definition) is 0. The van der Waals surface area contributed by atoms with Crippen LogP contribution in [0.4, 0.5) is 5.69 Å². The lowest BCUT2D eigenvalue weighted by molar-refractivity contribution is -0.121. The van der Waals surface area contributed by atoms with E-state index in [2.05, 4.69) is 4.57 Å². The van der Waals surface area contributed by atoms with Crippen LogP contribution < -0.4 is 4.90 Å². The number of rotatable bonds is 3. The van der Waals surface area contributed by atoms with Crippen molar-refractivity contribution in [2.75, 3.05) is 11.9 Å². The van der Waals surface area contributed by atoms with E-state index in [1.165, 1.54) is 0 Å². The number of para-hydroxylation sites is 1. The summed E-state index contributed by atoms with van der Waals surface area (Å²) in [6, 6.07) is 13.6. The first kappa shape index (κ1) is 13.4. The number of aryl methyl sites for hydroxylation is 2. The van der Waals surface area contributed by atoms with Gasteiger partial charge in [0.25, 0.3) is 0 Å². The molecule has 0 aliphatic heterocycles. The highest BCUT2D eigenvalue weighted by Crippen LogP contribution is 2.20. The van der Waals surface area contributed by atoms with Crippen LogP contribution >= 0.6 is 0 Å². The van der Waals surface area contributed by atoms with Crippen LogP contribution in [0.25, 0.3) is 0 Å². The van der Waals surface area contributed by atoms with Crippen LogP contribution in [0.15, 0.2) is 42.5 Å². The number of amides is 1. The van der Waals surface area contributed by atoms with Gasteiger partial charge in [0.15, 0.2) is 0 Å². The Morgan fingerprint density at radius 1 is 1.05 bits per heavy atom. The first-order chi connectivity index (χ1) is 9.02. The molecule has 0 saturated carbocycles. The van der Waals surface area contributed by atoms with E-state index in [-0.39, 0.29) is 11.9 Å². The fraction of sp³-hybridized carbons (Fsp3) is 0.312. The maximum Gasteiger partial charge on any atom is 0.249 e. The molecular formula is C16H20N2O. The fourth-order valence-corrected chi connectivity index (χ4v) is 2.46. The van der Waals surface area contributed by atoms with E-state index in [1.807, 2.05) is 70.3 Å². The van der Waals surface area contributed by atoms with E-state index >= 15 is 0 Å². The number of aromatic nitrogens is 1. The van der Waals surface area contributed by atoms with Gasteiger partial charge in [-0.15, -0.1) is 0 Å². The molecule has 0 unspecified atom stereocenters. The quantitative estimate of drug-likeness (QED) is 0.827. The summed E-state index contributed by atoms with van der Waals surface area (Å²) in [4.78, 5) is 14.3. The topological polar surface area (TPSA) is 25.2 Å². The summed E-state index contributed by atoms with van der Waals surface area (Å²) in [7, 11) is 1.82. The molecular weight excluding hydrogens is 236 g/mol. The lowest BCUT2D eigenvalue weighted by atomic mass is 10.2. The van der Waals surface area contributed by atoms with Gasteiger partial charge in [-0.1, -0.05) is 18.2 Å². The van der Waals surface area contributed by atoms with Gasteiger partial charge in [-0.05, 0) is 45.0 Å². The van der Waals surface area contributed by atoms with Gasteiger partial charge in [-0.3, -0.25) is 4.79 Å². The van der Waals surface area contributed by atoms with Gasteiger partial charge in [-0.25, -0.2) is 0 Å². The number of nitrogens with zero attached hydrogens (tertiary/aromatic N) is 2. The second-order valence-electron chi connectivity index (χ2n) is 4.89. The molecule has 3 nitrogen and oxygen atoms in total. The first-order valence-electron chi connectivity index (χ1n) is 6.49. The van der Waals surface area contributed by atoms with Gasteiger partial charge in [-0.2, -0.15) is 0 Å². The van der Waals surface area contributed by atoms with Gasteiger partial charge < -0.3 is 9.47 Å². The summed E-state index contributed by atoms with van der Waals surface area (Å²) in [5.74, 6) is 0.0913. The third-order valence-electron chi connectivity index (χ3n) is 3.54. The Hall–Kier alpha value is -2.03. The molecule has 1 heterocycles. The fourth-order valence-electron chi connectivity index (χ4n) is 2.46. The molecule has 0 aliphatic carbocycles. The first-order valence-corrected chi connectivity index (χ1v) is 6.49. The molecule has 2 rings (SSSR count). The number of anilines is 1. The summed E-state index contributed by atoms with van der Waals surface area (Å²) >= 11 is 0. The molecule has 1 aromatic carbocycles. The van der Waals surface area contributed by atoms with Crippen molar-refractivity contribution < 1.29 is 4.79 Å². The minimum atomic E-state index is -0.194. The van der Waals surface area contributed by atoms with E-state index in [0.717, 1.165) is 17.1 Å². The third kappa shape index (κ3) is 2.55. The van der Waals surface area contributed by atoms with E-state index in [4.69, 9.17) is 0 Å². The molecule has 0 bridgehead atoms. The Labute approximate surface area is 114 Å². The second kappa shape index (κ2) is 5.31. The Balaban J connectivity index is 2.25. The minimum Gasteiger partial charge on any atom is -0.337 e. The summed E-state index contributed by atoms with van der Waals surface area (Å²) in [6.07, 6.45) is 0. The molecule has 0 spiro atoms. The molecule has 3 heteroatoms. The lowest BCUT2D eigenvalue weighted by Gasteiger charge is -2.24. The molecule has 0 N–H and O–H groups in total. The molecule has 2 aromatic rings. The van der Waals surface area contributed by atoms with E-state index in [1.54, 1.807) is 4.90 Å². The number of hydrogen-bond acceptors (Lipinski definition) is 1. The molecule has 0 radical (unpaired) electrons. The molecule has 19 heavy (non-hydrogen) atoms. The van der Waals surface area contributed by atoms with Crippen molar-refractivity contribution in [2.24, 2.45) is 0 Å². The van der Waals surface area contributed by atoms with Crippen LogP contribution in [-0.4, -0.2) is 17.5 Å². The highest BCUT2D eigenvalue weighted by molar-refractivity contribution is 5.95. The zero-order chi connectivity index (χ0) is 14.0. The summed E-state index contributed by atoms with van der Waals surface area (Å²) in [5, 5.41) is 0. The number of carbonyl (C=O) groups is 1. The van der Waals surface area contributed by atoms with Crippen molar-refractivity contribution in [2.45, 2.75) is 26.8 Å². The van der Waals surface area contributed by atoms with Crippen molar-refractivity contribution in [1.82, 2.24) is 4.57 Å². The van der Waals surface area contributed by atoms with Crippen LogP contribution in [-0.2, 0) is 4.79 Å². The Morgan fingerprint density at radius 3 is 2.11 bits per heavy atom. The Bertz CT molecular complexity index is 552. The van der Waals surface area contributed by atoms with Crippen molar-refractivity contribution in [3.05, 3.63) is 53.9 Å². The van der Waals surface area contributed by atoms with Crippen molar-refractivity contribution >= 4 is 11.6 Å². The standard InChI is InChI=1S/C16H20N2O/c1-12-10-11-13(2)18(12)14(3)16(19)17(4)15-8-6-5-7-9-15/h5-11,14H,1-4H3/t14-/m1/s1. The average molecular weight is 256 g/mol. The van der Waals surface area contributed by atoms with Crippen LogP contribution in [0, 0.1) is 13.8 Å². The molecule has 1 amide bonds. The molecule has 0 saturated heterocycles. The van der Waals surface area contributed by atoms with E-state index in [0.29, 0.717) is 0 Å². The number of likely N-dealkylation sites (N-methyl/N-ethyl adjacent to an activating group) is 1. The molecule has 0 fully saturated rings. The smallest absolute Gasteiger partial charge is 0.249 e. The van der Waals surface area contributed by atoms with Crippen LogP contribution in [0.1, 0.15) is 24.4 Å². The maximum absolute atomic E-state index is 12.6. The molecule has 0 aliphatic rings. The van der Waals surface area contributed by atoms with E-state index < -0.39 is 0 Å². The van der Waals surface area contributed by atoms with Gasteiger partial charge in [0.1, 0.15) is 6.04 Å². The van der Waals surface area contributed by atoms with Crippen LogP contribution in [0.2, 0.25) is 0 Å². The van der Waals surface area contributed by atoms with E-state index in [9.17, 15) is 4.79 Å². The van der Waals surface area contributed by atoms with Gasteiger partial charge in [0.05, 0.1) is 0 Å². The van der Waals surface area contributed by atoms with Gasteiger partial charge >= 0.3 is 0 Å². The monoisotopic (exact) mass is 256 g/mol. The number of benzene rings is 1.